The minimum Gasteiger partial charge on any atom is -0.317 e. The predicted octanol–water partition coefficient (Wildman–Crippen LogP) is 2.78. The van der Waals surface area contributed by atoms with E-state index < -0.39 is 12.8 Å². The molecule has 0 unspecified atom stereocenters. The van der Waals surface area contributed by atoms with Gasteiger partial charge in [-0.2, -0.15) is 0 Å². The third-order valence-corrected chi connectivity index (χ3v) is 3.86. The van der Waals surface area contributed by atoms with Crippen LogP contribution < -0.4 is 4.90 Å². The van der Waals surface area contributed by atoms with Crippen LogP contribution in [0.15, 0.2) is 48.8 Å². The molecule has 1 aliphatic rings. The van der Waals surface area contributed by atoms with Crippen molar-refractivity contribution in [1.29, 1.82) is 0 Å². The number of nitrogens with zero attached hydrogens (tertiary/aromatic N) is 4. The highest BCUT2D eigenvalue weighted by atomic mass is 19.1. The summed E-state index contributed by atoms with van der Waals surface area (Å²) in [4.78, 5) is 14.2. The number of benzene rings is 2. The van der Waals surface area contributed by atoms with Crippen LogP contribution in [0.25, 0.3) is 11.4 Å². The summed E-state index contributed by atoms with van der Waals surface area (Å²) in [5.74, 6) is -0.815. The molecule has 1 aromatic heterocycles. The van der Waals surface area contributed by atoms with Gasteiger partial charge in [0.1, 0.15) is 12.1 Å². The summed E-state index contributed by atoms with van der Waals surface area (Å²) in [7, 11) is 0. The normalized spacial score (nSPS) is 16.0. The smallest absolute Gasteiger partial charge is 0.258 e. The number of aromatic nitrogens is 3. The van der Waals surface area contributed by atoms with Crippen molar-refractivity contribution in [2.75, 3.05) is 4.90 Å². The second-order valence-corrected chi connectivity index (χ2v) is 5.23. The van der Waals surface area contributed by atoms with Crippen molar-refractivity contribution >= 4 is 11.6 Å². The summed E-state index contributed by atoms with van der Waals surface area (Å²) < 4.78 is 37.6. The molecule has 0 fully saturated rings. The van der Waals surface area contributed by atoms with E-state index in [2.05, 4.69) is 10.2 Å². The molecular formula is C17H13FN4O. The lowest BCUT2D eigenvalue weighted by Gasteiger charge is -2.19. The van der Waals surface area contributed by atoms with Gasteiger partial charge in [-0.15, -0.1) is 10.2 Å². The van der Waals surface area contributed by atoms with Crippen LogP contribution in [0.2, 0.25) is 0 Å². The van der Waals surface area contributed by atoms with Gasteiger partial charge in [-0.25, -0.2) is 4.39 Å². The maximum atomic E-state index is 13.9. The van der Waals surface area contributed by atoms with Crippen molar-refractivity contribution in [2.45, 2.75) is 6.54 Å². The van der Waals surface area contributed by atoms with Gasteiger partial charge < -0.3 is 9.47 Å². The standard InChI is InChI=1S/C17H13FN4O/c1-21-10-19-20-16(21)14-8-12(18)6-7-15(14)22-9-11-4-2-3-5-13(11)17(22)23/h2-8,10H,9H2,1H3/i1D3. The molecule has 23 heavy (non-hydrogen) atoms. The third kappa shape index (κ3) is 2.11. The summed E-state index contributed by atoms with van der Waals surface area (Å²) in [6.45, 7) is -2.21. The first-order chi connectivity index (χ1) is 12.4. The molecule has 114 valence electrons. The van der Waals surface area contributed by atoms with Crippen molar-refractivity contribution in [3.63, 3.8) is 0 Å². The molecule has 0 saturated heterocycles. The summed E-state index contributed by atoms with van der Waals surface area (Å²) in [5, 5.41) is 7.50. The first kappa shape index (κ1) is 10.7. The Morgan fingerprint density at radius 3 is 2.91 bits per heavy atom. The van der Waals surface area contributed by atoms with Gasteiger partial charge in [-0.05, 0) is 29.8 Å². The number of amides is 1. The van der Waals surface area contributed by atoms with E-state index in [-0.39, 0.29) is 17.3 Å². The quantitative estimate of drug-likeness (QED) is 0.731. The minimum atomic E-state index is -2.53. The van der Waals surface area contributed by atoms with Crippen LogP contribution in [-0.4, -0.2) is 20.7 Å². The van der Waals surface area contributed by atoms with E-state index in [4.69, 9.17) is 4.11 Å². The number of fused-ring (bicyclic) bond motifs is 1. The second kappa shape index (κ2) is 5.01. The van der Waals surface area contributed by atoms with Crippen LogP contribution in [0, 0.1) is 5.82 Å². The molecule has 4 rings (SSSR count). The summed E-state index contributed by atoms with van der Waals surface area (Å²) in [5.41, 5.74) is 2.00. The molecule has 0 spiro atoms. The van der Waals surface area contributed by atoms with Gasteiger partial charge in [-0.1, -0.05) is 18.2 Å². The largest absolute Gasteiger partial charge is 0.317 e. The van der Waals surface area contributed by atoms with Crippen LogP contribution in [0.1, 0.15) is 20.0 Å². The molecule has 0 aliphatic carbocycles. The molecule has 0 radical (unpaired) electrons. The zero-order valence-corrected chi connectivity index (χ0v) is 11.9. The van der Waals surface area contributed by atoms with E-state index in [0.29, 0.717) is 17.8 Å². The minimum absolute atomic E-state index is 0.0248. The SMILES string of the molecule is [2H]C([2H])([2H])n1cnnc1-c1cc(F)ccc1N1Cc2ccccc2C1=O. The zero-order chi connectivity index (χ0) is 18.5. The number of aryl methyl sites for hydroxylation is 1. The van der Waals surface area contributed by atoms with Crippen molar-refractivity contribution in [3.8, 4) is 11.4 Å². The van der Waals surface area contributed by atoms with Crippen LogP contribution in [0.3, 0.4) is 0 Å². The lowest BCUT2D eigenvalue weighted by Crippen LogP contribution is -2.24. The molecule has 1 aliphatic heterocycles. The Morgan fingerprint density at radius 2 is 2.09 bits per heavy atom. The Balaban J connectivity index is 1.86. The van der Waals surface area contributed by atoms with E-state index >= 15 is 0 Å². The zero-order valence-electron chi connectivity index (χ0n) is 14.9. The maximum Gasteiger partial charge on any atom is 0.258 e. The number of hydrogen-bond donors (Lipinski definition) is 0. The average Bonchev–Trinajstić information content (AvgIpc) is 3.20. The lowest BCUT2D eigenvalue weighted by molar-refractivity contribution is 0.0996. The highest BCUT2D eigenvalue weighted by Gasteiger charge is 2.30. The number of hydrogen-bond acceptors (Lipinski definition) is 3. The molecule has 5 nitrogen and oxygen atoms in total. The van der Waals surface area contributed by atoms with Gasteiger partial charge in [0.15, 0.2) is 5.82 Å². The third-order valence-electron chi connectivity index (χ3n) is 3.86. The number of rotatable bonds is 2. The molecular weight excluding hydrogens is 295 g/mol. The summed E-state index contributed by atoms with van der Waals surface area (Å²) in [6, 6.07) is 11.0. The van der Waals surface area contributed by atoms with Crippen LogP contribution in [0.5, 0.6) is 0 Å². The fourth-order valence-corrected chi connectivity index (χ4v) is 2.79. The van der Waals surface area contributed by atoms with Gasteiger partial charge in [0.05, 0.1) is 12.2 Å². The van der Waals surface area contributed by atoms with E-state index in [1.54, 1.807) is 12.1 Å². The number of halogens is 1. The Kier molecular flexibility index (Phi) is 2.32. The predicted molar refractivity (Wildman–Crippen MR) is 83.4 cm³/mol. The Morgan fingerprint density at radius 1 is 1.22 bits per heavy atom. The average molecular weight is 311 g/mol. The molecule has 0 atom stereocenters. The van der Waals surface area contributed by atoms with Crippen LogP contribution >= 0.6 is 0 Å². The molecule has 3 aromatic rings. The summed E-state index contributed by atoms with van der Waals surface area (Å²) in [6.07, 6.45) is 1.07. The van der Waals surface area contributed by atoms with Gasteiger partial charge in [0, 0.05) is 22.2 Å². The fraction of sp³-hybridized carbons (Fsp3) is 0.118. The van der Waals surface area contributed by atoms with Gasteiger partial charge in [0.25, 0.3) is 5.91 Å². The topological polar surface area (TPSA) is 51.0 Å². The van der Waals surface area contributed by atoms with E-state index in [1.807, 2.05) is 12.1 Å². The lowest BCUT2D eigenvalue weighted by atomic mass is 10.1. The van der Waals surface area contributed by atoms with Crippen molar-refractivity contribution in [3.05, 3.63) is 65.7 Å². The van der Waals surface area contributed by atoms with E-state index in [0.717, 1.165) is 22.5 Å². The molecule has 0 bridgehead atoms. The van der Waals surface area contributed by atoms with Crippen molar-refractivity contribution in [1.82, 2.24) is 14.8 Å². The number of anilines is 1. The molecule has 1 amide bonds. The second-order valence-electron chi connectivity index (χ2n) is 5.23. The first-order valence-electron chi connectivity index (χ1n) is 8.46. The fourth-order valence-electron chi connectivity index (χ4n) is 2.79. The summed E-state index contributed by atoms with van der Waals surface area (Å²) >= 11 is 0. The van der Waals surface area contributed by atoms with Gasteiger partial charge in [0.2, 0.25) is 0 Å². The van der Waals surface area contributed by atoms with Gasteiger partial charge in [-0.3, -0.25) is 4.79 Å². The maximum absolute atomic E-state index is 13.9. The van der Waals surface area contributed by atoms with E-state index in [1.165, 1.54) is 17.0 Å². The monoisotopic (exact) mass is 311 g/mol. The van der Waals surface area contributed by atoms with Gasteiger partial charge >= 0.3 is 0 Å². The molecule has 2 heterocycles. The van der Waals surface area contributed by atoms with Crippen LogP contribution in [-0.2, 0) is 13.5 Å². The number of carbonyl (C=O) groups is 1. The van der Waals surface area contributed by atoms with E-state index in [9.17, 15) is 9.18 Å². The van der Waals surface area contributed by atoms with Crippen LogP contribution in [0.4, 0.5) is 10.1 Å². The Bertz CT molecular complexity index is 1020. The molecule has 0 saturated carbocycles. The number of carbonyl (C=O) groups excluding carboxylic acids is 1. The Hall–Kier alpha value is -3.02. The first-order valence-corrected chi connectivity index (χ1v) is 6.96. The Labute approximate surface area is 136 Å². The van der Waals surface area contributed by atoms with Crippen molar-refractivity contribution in [2.24, 2.45) is 6.98 Å². The molecule has 2 aromatic carbocycles. The molecule has 6 heteroatoms. The highest BCUT2D eigenvalue weighted by molar-refractivity contribution is 6.11. The highest BCUT2D eigenvalue weighted by Crippen LogP contribution is 2.35. The van der Waals surface area contributed by atoms with Crippen molar-refractivity contribution < 1.29 is 13.3 Å². The molecule has 0 N–H and O–H groups in total.